The molecule has 2 aromatic carbocycles. The molecule has 2 heterocycles. The molecule has 1 unspecified atom stereocenters. The number of hydrogen-bond acceptors (Lipinski definition) is 6. The number of fused-ring (bicyclic) bond motifs is 1. The topological polar surface area (TPSA) is 112 Å². The second-order valence-corrected chi connectivity index (χ2v) is 8.90. The standard InChI is InChI=1S/C26H28N4O4/c1-4-33-23-8-6-19(13-20(23)14-27)25-28-24(29-34-25)18-5-7-22-17(12-18)9-10-30(26(31)32)15-21(22)11-16(2)3/h5-8,12-13,16,21H,4,9-11,15H2,1-3H3,(H,31,32). The molecule has 34 heavy (non-hydrogen) atoms. The van der Waals surface area contributed by atoms with Gasteiger partial charge < -0.3 is 19.3 Å². The van der Waals surface area contributed by atoms with Crippen molar-refractivity contribution < 1.29 is 19.2 Å². The normalized spacial score (nSPS) is 15.5. The van der Waals surface area contributed by atoms with Crippen LogP contribution >= 0.6 is 0 Å². The van der Waals surface area contributed by atoms with Gasteiger partial charge in [-0.25, -0.2) is 4.79 Å². The van der Waals surface area contributed by atoms with Crippen LogP contribution in [0.4, 0.5) is 4.79 Å². The Hall–Kier alpha value is -3.86. The van der Waals surface area contributed by atoms with Gasteiger partial charge in [0.25, 0.3) is 5.89 Å². The molecule has 1 aliphatic heterocycles. The van der Waals surface area contributed by atoms with Gasteiger partial charge in [-0.05, 0) is 61.1 Å². The Kier molecular flexibility index (Phi) is 6.82. The molecular weight excluding hydrogens is 432 g/mol. The lowest BCUT2D eigenvalue weighted by Crippen LogP contribution is -2.33. The summed E-state index contributed by atoms with van der Waals surface area (Å²) in [4.78, 5) is 17.7. The van der Waals surface area contributed by atoms with E-state index in [1.165, 1.54) is 10.5 Å². The van der Waals surface area contributed by atoms with Crippen molar-refractivity contribution in [2.45, 2.75) is 39.5 Å². The number of aromatic nitrogens is 2. The number of nitrogens with zero attached hydrogens (tertiary/aromatic N) is 4. The zero-order chi connectivity index (χ0) is 24.2. The molecule has 8 heteroatoms. The van der Waals surface area contributed by atoms with Crippen molar-refractivity contribution >= 4 is 6.09 Å². The predicted molar refractivity (Wildman–Crippen MR) is 127 cm³/mol. The largest absolute Gasteiger partial charge is 0.492 e. The first-order valence-corrected chi connectivity index (χ1v) is 11.5. The maximum absolute atomic E-state index is 11.7. The number of benzene rings is 2. The average molecular weight is 461 g/mol. The van der Waals surface area contributed by atoms with Crippen molar-refractivity contribution in [1.29, 1.82) is 5.26 Å². The zero-order valence-corrected chi connectivity index (χ0v) is 19.6. The van der Waals surface area contributed by atoms with E-state index in [9.17, 15) is 15.2 Å². The van der Waals surface area contributed by atoms with Gasteiger partial charge in [0, 0.05) is 30.1 Å². The highest BCUT2D eigenvalue weighted by molar-refractivity contribution is 5.66. The van der Waals surface area contributed by atoms with E-state index in [4.69, 9.17) is 9.26 Å². The third kappa shape index (κ3) is 4.88. The third-order valence-electron chi connectivity index (χ3n) is 6.03. The number of carboxylic acid groups (broad SMARTS) is 1. The second-order valence-electron chi connectivity index (χ2n) is 8.90. The predicted octanol–water partition coefficient (Wildman–Crippen LogP) is 5.34. The maximum Gasteiger partial charge on any atom is 0.407 e. The van der Waals surface area contributed by atoms with Gasteiger partial charge in [-0.1, -0.05) is 31.1 Å². The van der Waals surface area contributed by atoms with E-state index in [0.717, 1.165) is 17.5 Å². The van der Waals surface area contributed by atoms with Crippen LogP contribution in [-0.2, 0) is 6.42 Å². The Morgan fingerprint density at radius 3 is 2.79 bits per heavy atom. The summed E-state index contributed by atoms with van der Waals surface area (Å²) in [5.74, 6) is 1.89. The summed E-state index contributed by atoms with van der Waals surface area (Å²) in [5.41, 5.74) is 4.17. The van der Waals surface area contributed by atoms with E-state index in [-0.39, 0.29) is 5.92 Å². The Morgan fingerprint density at radius 2 is 2.09 bits per heavy atom. The molecule has 1 N–H and O–H groups in total. The molecule has 1 aliphatic rings. The van der Waals surface area contributed by atoms with Crippen LogP contribution in [0.3, 0.4) is 0 Å². The molecule has 1 aromatic heterocycles. The molecular formula is C26H28N4O4. The lowest BCUT2D eigenvalue weighted by molar-refractivity contribution is 0.142. The third-order valence-corrected chi connectivity index (χ3v) is 6.03. The van der Waals surface area contributed by atoms with Gasteiger partial charge in [0.15, 0.2) is 0 Å². The molecule has 8 nitrogen and oxygen atoms in total. The fourth-order valence-corrected chi connectivity index (χ4v) is 4.50. The lowest BCUT2D eigenvalue weighted by atomic mass is 9.86. The van der Waals surface area contributed by atoms with Crippen molar-refractivity contribution in [1.82, 2.24) is 15.0 Å². The molecule has 0 fully saturated rings. The smallest absolute Gasteiger partial charge is 0.407 e. The fourth-order valence-electron chi connectivity index (χ4n) is 4.50. The highest BCUT2D eigenvalue weighted by atomic mass is 16.5. The minimum Gasteiger partial charge on any atom is -0.492 e. The Balaban J connectivity index is 1.64. The molecule has 1 atom stereocenters. The van der Waals surface area contributed by atoms with Crippen LogP contribution < -0.4 is 4.74 Å². The molecule has 1 amide bonds. The average Bonchev–Trinajstić information content (AvgIpc) is 3.24. The van der Waals surface area contributed by atoms with Crippen LogP contribution in [0.2, 0.25) is 0 Å². The minimum absolute atomic E-state index is 0.150. The van der Waals surface area contributed by atoms with E-state index >= 15 is 0 Å². The summed E-state index contributed by atoms with van der Waals surface area (Å²) in [6, 6.07) is 13.4. The van der Waals surface area contributed by atoms with Crippen molar-refractivity contribution in [3.8, 4) is 34.7 Å². The number of ether oxygens (including phenoxy) is 1. The minimum atomic E-state index is -0.878. The zero-order valence-electron chi connectivity index (χ0n) is 19.6. The highest BCUT2D eigenvalue weighted by Crippen LogP contribution is 2.34. The number of rotatable bonds is 6. The number of carbonyl (C=O) groups is 1. The SMILES string of the molecule is CCOc1ccc(-c2nc(-c3ccc4c(c3)CCN(C(=O)O)CC4CC(C)C)no2)cc1C#N. The molecule has 0 aliphatic carbocycles. The molecule has 3 aromatic rings. The van der Waals surface area contributed by atoms with Gasteiger partial charge in [-0.2, -0.15) is 10.2 Å². The van der Waals surface area contributed by atoms with Crippen LogP contribution in [0.25, 0.3) is 22.8 Å². The Bertz CT molecular complexity index is 1230. The number of amides is 1. The van der Waals surface area contributed by atoms with Crippen LogP contribution in [0.15, 0.2) is 40.9 Å². The molecule has 176 valence electrons. The highest BCUT2D eigenvalue weighted by Gasteiger charge is 2.27. The molecule has 4 rings (SSSR count). The summed E-state index contributed by atoms with van der Waals surface area (Å²) in [6.07, 6.45) is 0.678. The lowest BCUT2D eigenvalue weighted by Gasteiger charge is -2.24. The van der Waals surface area contributed by atoms with Crippen molar-refractivity contribution in [2.75, 3.05) is 19.7 Å². The van der Waals surface area contributed by atoms with Gasteiger partial charge in [-0.3, -0.25) is 0 Å². The van der Waals surface area contributed by atoms with E-state index in [2.05, 4.69) is 36.1 Å². The van der Waals surface area contributed by atoms with Gasteiger partial charge in [0.2, 0.25) is 5.82 Å². The van der Waals surface area contributed by atoms with Crippen LogP contribution in [0.1, 0.15) is 49.8 Å². The fraction of sp³-hybridized carbons (Fsp3) is 0.385. The molecule has 0 radical (unpaired) electrons. The van der Waals surface area contributed by atoms with Crippen molar-refractivity contribution in [3.63, 3.8) is 0 Å². The molecule has 0 saturated heterocycles. The van der Waals surface area contributed by atoms with Gasteiger partial charge in [0.1, 0.15) is 11.8 Å². The number of nitriles is 1. The van der Waals surface area contributed by atoms with Crippen LogP contribution in [0.5, 0.6) is 5.75 Å². The summed E-state index contributed by atoms with van der Waals surface area (Å²) in [7, 11) is 0. The first kappa shape index (κ1) is 23.3. The second kappa shape index (κ2) is 9.96. The molecule has 0 spiro atoms. The van der Waals surface area contributed by atoms with E-state index in [1.807, 2.05) is 19.1 Å². The maximum atomic E-state index is 11.7. The summed E-state index contributed by atoms with van der Waals surface area (Å²) >= 11 is 0. The van der Waals surface area contributed by atoms with E-state index in [1.54, 1.807) is 18.2 Å². The summed E-state index contributed by atoms with van der Waals surface area (Å²) in [6.45, 7) is 7.61. The van der Waals surface area contributed by atoms with Gasteiger partial charge in [0.05, 0.1) is 12.2 Å². The summed E-state index contributed by atoms with van der Waals surface area (Å²) in [5, 5.41) is 23.2. The van der Waals surface area contributed by atoms with E-state index < -0.39 is 6.09 Å². The quantitative estimate of drug-likeness (QED) is 0.528. The number of hydrogen-bond donors (Lipinski definition) is 1. The first-order chi connectivity index (χ1) is 16.4. The molecule has 0 bridgehead atoms. The van der Waals surface area contributed by atoms with E-state index in [0.29, 0.717) is 60.6 Å². The Morgan fingerprint density at radius 1 is 1.29 bits per heavy atom. The van der Waals surface area contributed by atoms with Crippen molar-refractivity contribution in [3.05, 3.63) is 53.1 Å². The van der Waals surface area contributed by atoms with Gasteiger partial charge >= 0.3 is 6.09 Å². The Labute approximate surface area is 198 Å². The first-order valence-electron chi connectivity index (χ1n) is 11.5. The van der Waals surface area contributed by atoms with Crippen molar-refractivity contribution in [2.24, 2.45) is 5.92 Å². The van der Waals surface area contributed by atoms with Gasteiger partial charge in [-0.15, -0.1) is 0 Å². The monoisotopic (exact) mass is 460 g/mol. The van der Waals surface area contributed by atoms with Crippen LogP contribution in [0, 0.1) is 17.2 Å². The summed E-state index contributed by atoms with van der Waals surface area (Å²) < 4.78 is 11.0. The molecule has 0 saturated carbocycles. The van der Waals surface area contributed by atoms with Crippen LogP contribution in [-0.4, -0.2) is 45.9 Å².